The molecule has 0 N–H and O–H groups in total. The third kappa shape index (κ3) is 2.82. The van der Waals surface area contributed by atoms with E-state index in [0.717, 1.165) is 0 Å². The quantitative estimate of drug-likeness (QED) is 0.573. The maximum atomic E-state index is 6.85. The molecule has 0 radical (unpaired) electrons. The van der Waals surface area contributed by atoms with Crippen LogP contribution in [-0.2, 0) is 4.43 Å². The van der Waals surface area contributed by atoms with Gasteiger partial charge in [-0.2, -0.15) is 0 Å². The number of fused-ring (bicyclic) bond motifs is 1. The molecular formula is C19H34OSi. The Morgan fingerprint density at radius 1 is 1.29 bits per heavy atom. The molecule has 1 nitrogen and oxygen atoms in total. The van der Waals surface area contributed by atoms with Crippen LogP contribution in [0.4, 0.5) is 0 Å². The summed E-state index contributed by atoms with van der Waals surface area (Å²) in [6.45, 7) is 20.6. The van der Waals surface area contributed by atoms with E-state index in [4.69, 9.17) is 4.43 Å². The molecular weight excluding hydrogens is 272 g/mol. The summed E-state index contributed by atoms with van der Waals surface area (Å²) >= 11 is 0. The van der Waals surface area contributed by atoms with E-state index in [9.17, 15) is 0 Å². The Morgan fingerprint density at radius 3 is 2.43 bits per heavy atom. The van der Waals surface area contributed by atoms with E-state index in [1.54, 1.807) is 5.57 Å². The van der Waals surface area contributed by atoms with Crippen molar-refractivity contribution in [2.24, 2.45) is 11.3 Å². The first-order valence-corrected chi connectivity index (χ1v) is 11.4. The fourth-order valence-corrected chi connectivity index (χ4v) is 5.44. The van der Waals surface area contributed by atoms with Crippen molar-refractivity contribution >= 4 is 8.32 Å². The first-order chi connectivity index (χ1) is 9.53. The van der Waals surface area contributed by atoms with Crippen LogP contribution in [0.2, 0.25) is 18.1 Å². The van der Waals surface area contributed by atoms with Crippen LogP contribution < -0.4 is 0 Å². The third-order valence-corrected chi connectivity index (χ3v) is 11.1. The molecule has 0 spiro atoms. The van der Waals surface area contributed by atoms with Crippen molar-refractivity contribution in [2.75, 3.05) is 0 Å². The molecule has 0 aromatic carbocycles. The third-order valence-electron chi connectivity index (χ3n) is 6.62. The van der Waals surface area contributed by atoms with E-state index in [1.807, 2.05) is 0 Å². The smallest absolute Gasteiger partial charge is 0.192 e. The summed E-state index contributed by atoms with van der Waals surface area (Å²) in [7, 11) is -1.68. The Labute approximate surface area is 133 Å². The van der Waals surface area contributed by atoms with Gasteiger partial charge in [-0.3, -0.25) is 0 Å². The average molecular weight is 307 g/mol. The van der Waals surface area contributed by atoms with Crippen LogP contribution in [0.25, 0.3) is 0 Å². The number of hydrogen-bond donors (Lipinski definition) is 0. The standard InChI is InChI=1S/C19H34OSi/c1-9-15-14(2)12-13-19(6)16(15)10-11-17(19)20-21(7,8)18(3,4)5/h9,16-17H,1,10-13H2,2-8H3/t16-,17-,19-/m0/s1. The Kier molecular flexibility index (Phi) is 4.36. The summed E-state index contributed by atoms with van der Waals surface area (Å²) < 4.78 is 6.85. The SMILES string of the molecule is C=CC1=C(C)CC[C@]2(C)[C@@H](O[Si](C)(C)C(C)(C)C)CC[C@@H]12. The molecule has 0 aromatic rings. The Bertz CT molecular complexity index is 455. The van der Waals surface area contributed by atoms with Crippen LogP contribution in [0, 0.1) is 11.3 Å². The van der Waals surface area contributed by atoms with Gasteiger partial charge in [-0.15, -0.1) is 0 Å². The highest BCUT2D eigenvalue weighted by Crippen LogP contribution is 2.56. The molecule has 1 fully saturated rings. The number of allylic oxidation sites excluding steroid dienone is 3. The number of rotatable bonds is 3. The summed E-state index contributed by atoms with van der Waals surface area (Å²) in [6.07, 6.45) is 7.54. The molecule has 0 amide bonds. The molecule has 120 valence electrons. The van der Waals surface area contributed by atoms with Gasteiger partial charge >= 0.3 is 0 Å². The maximum Gasteiger partial charge on any atom is 0.192 e. The van der Waals surface area contributed by atoms with Gasteiger partial charge in [-0.1, -0.05) is 45.9 Å². The van der Waals surface area contributed by atoms with Gasteiger partial charge in [0.05, 0.1) is 6.10 Å². The first-order valence-electron chi connectivity index (χ1n) is 8.53. The van der Waals surface area contributed by atoms with E-state index in [0.29, 0.717) is 22.5 Å². The van der Waals surface area contributed by atoms with E-state index < -0.39 is 8.32 Å². The Hall–Kier alpha value is -0.343. The minimum absolute atomic E-state index is 0.295. The van der Waals surface area contributed by atoms with Gasteiger partial charge in [0, 0.05) is 0 Å². The van der Waals surface area contributed by atoms with Crippen LogP contribution in [0.3, 0.4) is 0 Å². The highest BCUT2D eigenvalue weighted by atomic mass is 28.4. The molecule has 3 atom stereocenters. The van der Waals surface area contributed by atoms with Crippen LogP contribution in [0.15, 0.2) is 23.8 Å². The zero-order chi connectivity index (χ0) is 16.1. The van der Waals surface area contributed by atoms with E-state index in [1.165, 1.54) is 31.3 Å². The van der Waals surface area contributed by atoms with Gasteiger partial charge in [0.1, 0.15) is 0 Å². The second kappa shape index (κ2) is 5.38. The van der Waals surface area contributed by atoms with Gasteiger partial charge in [-0.05, 0) is 67.6 Å². The zero-order valence-electron chi connectivity index (χ0n) is 15.2. The predicted octanol–water partition coefficient (Wildman–Crippen LogP) is 6.09. The van der Waals surface area contributed by atoms with Crippen molar-refractivity contribution in [3.63, 3.8) is 0 Å². The molecule has 1 saturated carbocycles. The lowest BCUT2D eigenvalue weighted by Crippen LogP contribution is -2.48. The summed E-state index contributed by atoms with van der Waals surface area (Å²) in [4.78, 5) is 0. The fourth-order valence-electron chi connectivity index (χ4n) is 3.99. The molecule has 0 aliphatic heterocycles. The molecule has 0 aromatic heterocycles. The Balaban J connectivity index is 2.25. The van der Waals surface area contributed by atoms with Crippen LogP contribution in [0.5, 0.6) is 0 Å². The Morgan fingerprint density at radius 2 is 1.90 bits per heavy atom. The first kappa shape index (κ1) is 17.0. The highest BCUT2D eigenvalue weighted by molar-refractivity contribution is 6.74. The molecule has 0 heterocycles. The van der Waals surface area contributed by atoms with Crippen molar-refractivity contribution < 1.29 is 4.43 Å². The van der Waals surface area contributed by atoms with Gasteiger partial charge in [0.2, 0.25) is 0 Å². The van der Waals surface area contributed by atoms with Crippen molar-refractivity contribution in [3.8, 4) is 0 Å². The van der Waals surface area contributed by atoms with Crippen molar-refractivity contribution in [1.29, 1.82) is 0 Å². The van der Waals surface area contributed by atoms with Crippen LogP contribution in [-0.4, -0.2) is 14.4 Å². The highest BCUT2D eigenvalue weighted by Gasteiger charge is 2.52. The minimum atomic E-state index is -1.68. The molecule has 2 aliphatic rings. The van der Waals surface area contributed by atoms with E-state index >= 15 is 0 Å². The molecule has 0 saturated heterocycles. The second-order valence-electron chi connectivity index (χ2n) is 8.94. The average Bonchev–Trinajstić information content (AvgIpc) is 2.66. The zero-order valence-corrected chi connectivity index (χ0v) is 16.2. The number of hydrogen-bond acceptors (Lipinski definition) is 1. The van der Waals surface area contributed by atoms with E-state index in [2.05, 4.69) is 60.4 Å². The minimum Gasteiger partial charge on any atom is -0.413 e. The van der Waals surface area contributed by atoms with Crippen LogP contribution in [0.1, 0.15) is 60.3 Å². The van der Waals surface area contributed by atoms with Gasteiger partial charge in [0.15, 0.2) is 8.32 Å². The molecule has 0 unspecified atom stereocenters. The molecule has 2 heteroatoms. The summed E-state index contributed by atoms with van der Waals surface area (Å²) in [5.74, 6) is 0.665. The second-order valence-corrected chi connectivity index (χ2v) is 13.7. The monoisotopic (exact) mass is 306 g/mol. The summed E-state index contributed by atoms with van der Waals surface area (Å²) in [5, 5.41) is 0.295. The molecule has 2 aliphatic carbocycles. The van der Waals surface area contributed by atoms with Crippen LogP contribution >= 0.6 is 0 Å². The molecule has 0 bridgehead atoms. The van der Waals surface area contributed by atoms with Crippen molar-refractivity contribution in [2.45, 2.75) is 84.5 Å². The largest absolute Gasteiger partial charge is 0.413 e. The lowest BCUT2D eigenvalue weighted by atomic mass is 9.66. The molecule has 21 heavy (non-hydrogen) atoms. The normalized spacial score (nSPS) is 34.0. The lowest BCUT2D eigenvalue weighted by Gasteiger charge is -2.46. The van der Waals surface area contributed by atoms with Gasteiger partial charge in [-0.25, -0.2) is 0 Å². The lowest BCUT2D eigenvalue weighted by molar-refractivity contribution is 0.0461. The molecule has 2 rings (SSSR count). The summed E-state index contributed by atoms with van der Waals surface area (Å²) in [6, 6.07) is 0. The van der Waals surface area contributed by atoms with Gasteiger partial charge < -0.3 is 4.43 Å². The topological polar surface area (TPSA) is 9.23 Å². The summed E-state index contributed by atoms with van der Waals surface area (Å²) in [5.41, 5.74) is 3.39. The van der Waals surface area contributed by atoms with E-state index in [-0.39, 0.29) is 0 Å². The maximum absolute atomic E-state index is 6.85. The van der Waals surface area contributed by atoms with Gasteiger partial charge in [0.25, 0.3) is 0 Å². The predicted molar refractivity (Wildman–Crippen MR) is 95.0 cm³/mol. The fraction of sp³-hybridized carbons (Fsp3) is 0.789. The van der Waals surface area contributed by atoms with Crippen molar-refractivity contribution in [3.05, 3.63) is 23.8 Å². The van der Waals surface area contributed by atoms with Crippen molar-refractivity contribution in [1.82, 2.24) is 0 Å².